The van der Waals surface area contributed by atoms with Crippen LogP contribution in [0.5, 0.6) is 0 Å². The number of halogens is 1. The summed E-state index contributed by atoms with van der Waals surface area (Å²) in [6.07, 6.45) is 1.81. The number of aliphatic hydroxyl groups excluding tert-OH is 1. The largest absolute Gasteiger partial charge is 0.387 e. The fourth-order valence-corrected chi connectivity index (χ4v) is 3.01. The predicted molar refractivity (Wildman–Crippen MR) is 98.8 cm³/mol. The Morgan fingerprint density at radius 1 is 1.21 bits per heavy atom. The van der Waals surface area contributed by atoms with Gasteiger partial charge in [0.1, 0.15) is 24.1 Å². The highest BCUT2D eigenvalue weighted by atomic mass is 35.5. The SMILES string of the molecule is O=C(NC[C@]1(O)CO[C@H](CNC(=O)c2ccccc2Cl)[C@H]1O)c1cncnc1. The number of aliphatic hydroxyl groups is 2. The minimum atomic E-state index is -1.69. The average molecular weight is 407 g/mol. The average Bonchev–Trinajstić information content (AvgIpc) is 3.00. The maximum atomic E-state index is 12.2. The molecule has 0 saturated carbocycles. The summed E-state index contributed by atoms with van der Waals surface area (Å²) in [7, 11) is 0. The number of amides is 2. The van der Waals surface area contributed by atoms with Crippen molar-refractivity contribution in [2.24, 2.45) is 0 Å². The molecule has 1 saturated heterocycles. The van der Waals surface area contributed by atoms with E-state index in [1.165, 1.54) is 18.7 Å². The minimum absolute atomic E-state index is 0.0337. The lowest BCUT2D eigenvalue weighted by atomic mass is 9.96. The van der Waals surface area contributed by atoms with Crippen LogP contribution in [0.15, 0.2) is 43.0 Å². The Balaban J connectivity index is 1.53. The van der Waals surface area contributed by atoms with Crippen molar-refractivity contribution in [3.8, 4) is 0 Å². The molecule has 1 fully saturated rings. The normalized spacial score (nSPS) is 24.0. The lowest BCUT2D eigenvalue weighted by Gasteiger charge is -2.26. The third kappa shape index (κ3) is 4.45. The van der Waals surface area contributed by atoms with Gasteiger partial charge in [0.25, 0.3) is 11.8 Å². The third-order valence-electron chi connectivity index (χ3n) is 4.41. The number of nitrogens with zero attached hydrogens (tertiary/aromatic N) is 2. The van der Waals surface area contributed by atoms with Gasteiger partial charge in [-0.25, -0.2) is 9.97 Å². The highest BCUT2D eigenvalue weighted by molar-refractivity contribution is 6.33. The van der Waals surface area contributed by atoms with Crippen LogP contribution in [0.25, 0.3) is 0 Å². The highest BCUT2D eigenvalue weighted by Gasteiger charge is 2.48. The van der Waals surface area contributed by atoms with Crippen LogP contribution in [0.4, 0.5) is 0 Å². The van der Waals surface area contributed by atoms with Crippen molar-refractivity contribution in [1.82, 2.24) is 20.6 Å². The molecule has 3 rings (SSSR count). The van der Waals surface area contributed by atoms with Gasteiger partial charge in [0.05, 0.1) is 29.3 Å². The van der Waals surface area contributed by atoms with Gasteiger partial charge in [-0.1, -0.05) is 23.7 Å². The summed E-state index contributed by atoms with van der Waals surface area (Å²) < 4.78 is 5.41. The van der Waals surface area contributed by atoms with Gasteiger partial charge in [-0.3, -0.25) is 9.59 Å². The molecular weight excluding hydrogens is 388 g/mol. The molecule has 2 aromatic rings. The first kappa shape index (κ1) is 20.2. The van der Waals surface area contributed by atoms with Gasteiger partial charge in [0, 0.05) is 18.9 Å². The van der Waals surface area contributed by atoms with Crippen molar-refractivity contribution < 1.29 is 24.5 Å². The van der Waals surface area contributed by atoms with Crippen LogP contribution in [0.1, 0.15) is 20.7 Å². The third-order valence-corrected chi connectivity index (χ3v) is 4.74. The number of nitrogens with one attached hydrogen (secondary N) is 2. The van der Waals surface area contributed by atoms with Gasteiger partial charge in [0.15, 0.2) is 0 Å². The number of carbonyl (C=O) groups excluding carboxylic acids is 2. The lowest BCUT2D eigenvalue weighted by molar-refractivity contribution is -0.0464. The van der Waals surface area contributed by atoms with Crippen LogP contribution in [0.2, 0.25) is 5.02 Å². The van der Waals surface area contributed by atoms with Crippen molar-refractivity contribution in [3.63, 3.8) is 0 Å². The summed E-state index contributed by atoms with van der Waals surface area (Å²) in [5.74, 6) is -0.911. The van der Waals surface area contributed by atoms with Crippen LogP contribution in [-0.2, 0) is 4.74 Å². The van der Waals surface area contributed by atoms with E-state index in [1.54, 1.807) is 24.3 Å². The first-order valence-corrected chi connectivity index (χ1v) is 8.86. The molecule has 0 unspecified atom stereocenters. The molecule has 0 radical (unpaired) electrons. The van der Waals surface area contributed by atoms with E-state index in [0.717, 1.165) is 0 Å². The van der Waals surface area contributed by atoms with Crippen LogP contribution in [0, 0.1) is 0 Å². The zero-order valence-electron chi connectivity index (χ0n) is 14.7. The van der Waals surface area contributed by atoms with E-state index in [2.05, 4.69) is 20.6 Å². The van der Waals surface area contributed by atoms with E-state index in [0.29, 0.717) is 10.6 Å². The Morgan fingerprint density at radius 2 is 1.93 bits per heavy atom. The minimum Gasteiger partial charge on any atom is -0.387 e. The van der Waals surface area contributed by atoms with Crippen molar-refractivity contribution in [3.05, 3.63) is 59.1 Å². The zero-order valence-corrected chi connectivity index (χ0v) is 15.5. The molecule has 2 amide bonds. The monoisotopic (exact) mass is 406 g/mol. The first-order valence-electron chi connectivity index (χ1n) is 8.49. The molecule has 1 aliphatic rings. The molecule has 9 nitrogen and oxygen atoms in total. The van der Waals surface area contributed by atoms with E-state index in [1.807, 2.05) is 0 Å². The molecule has 4 N–H and O–H groups in total. The number of carbonyl (C=O) groups is 2. The maximum Gasteiger partial charge on any atom is 0.254 e. The number of rotatable bonds is 6. The van der Waals surface area contributed by atoms with Crippen LogP contribution in [-0.4, -0.2) is 69.5 Å². The van der Waals surface area contributed by atoms with Gasteiger partial charge in [-0.15, -0.1) is 0 Å². The van der Waals surface area contributed by atoms with E-state index in [-0.39, 0.29) is 25.3 Å². The van der Waals surface area contributed by atoms with Crippen LogP contribution >= 0.6 is 11.6 Å². The van der Waals surface area contributed by atoms with E-state index >= 15 is 0 Å². The maximum absolute atomic E-state index is 12.2. The second-order valence-corrected chi connectivity index (χ2v) is 6.80. The van der Waals surface area contributed by atoms with E-state index < -0.39 is 29.6 Å². The Bertz CT molecular complexity index is 853. The summed E-state index contributed by atoms with van der Waals surface area (Å²) in [4.78, 5) is 31.7. The molecule has 148 valence electrons. The fraction of sp³-hybridized carbons (Fsp3) is 0.333. The number of aromatic nitrogens is 2. The first-order chi connectivity index (χ1) is 13.4. The van der Waals surface area contributed by atoms with Crippen molar-refractivity contribution in [1.29, 1.82) is 0 Å². The molecule has 1 aromatic heterocycles. The van der Waals surface area contributed by atoms with E-state index in [4.69, 9.17) is 16.3 Å². The summed E-state index contributed by atoms with van der Waals surface area (Å²) >= 11 is 5.98. The topological polar surface area (TPSA) is 134 Å². The molecular formula is C18H19ClN4O5. The Kier molecular flexibility index (Phi) is 6.20. The van der Waals surface area contributed by atoms with Gasteiger partial charge >= 0.3 is 0 Å². The van der Waals surface area contributed by atoms with Gasteiger partial charge in [0.2, 0.25) is 0 Å². The van der Waals surface area contributed by atoms with Crippen molar-refractivity contribution in [2.75, 3.05) is 19.7 Å². The summed E-state index contributed by atoms with van der Waals surface area (Å²) in [5, 5.41) is 26.4. The number of hydrogen-bond donors (Lipinski definition) is 4. The number of benzene rings is 1. The van der Waals surface area contributed by atoms with Crippen LogP contribution < -0.4 is 10.6 Å². The fourth-order valence-electron chi connectivity index (χ4n) is 2.79. The molecule has 10 heteroatoms. The molecule has 1 aliphatic heterocycles. The van der Waals surface area contributed by atoms with Crippen molar-refractivity contribution >= 4 is 23.4 Å². The molecule has 1 aromatic carbocycles. The highest BCUT2D eigenvalue weighted by Crippen LogP contribution is 2.24. The summed E-state index contributed by atoms with van der Waals surface area (Å²) in [5.41, 5.74) is -1.17. The van der Waals surface area contributed by atoms with E-state index in [9.17, 15) is 19.8 Å². The quantitative estimate of drug-likeness (QED) is 0.521. The predicted octanol–water partition coefficient (Wildman–Crippen LogP) is -0.219. The van der Waals surface area contributed by atoms with Gasteiger partial charge in [-0.2, -0.15) is 0 Å². The second-order valence-electron chi connectivity index (χ2n) is 6.40. The summed E-state index contributed by atoms with van der Waals surface area (Å²) in [6.45, 7) is -0.475. The van der Waals surface area contributed by atoms with Gasteiger partial charge in [-0.05, 0) is 12.1 Å². The summed E-state index contributed by atoms with van der Waals surface area (Å²) in [6, 6.07) is 6.55. The molecule has 2 heterocycles. The second kappa shape index (κ2) is 8.61. The van der Waals surface area contributed by atoms with Crippen molar-refractivity contribution in [2.45, 2.75) is 17.8 Å². The molecule has 28 heavy (non-hydrogen) atoms. The van der Waals surface area contributed by atoms with Crippen LogP contribution in [0.3, 0.4) is 0 Å². The lowest BCUT2D eigenvalue weighted by Crippen LogP contribution is -2.53. The standard InChI is InChI=1S/C18H19ClN4O5/c19-13-4-2-1-3-12(13)17(26)22-7-14-15(24)18(27,9-28-14)8-23-16(25)11-5-20-10-21-6-11/h1-6,10,14-15,24,27H,7-9H2,(H,22,26)(H,23,25)/t14-,15-,18+/m1/s1. The molecule has 0 spiro atoms. The Morgan fingerprint density at radius 3 is 2.64 bits per heavy atom. The number of hydrogen-bond acceptors (Lipinski definition) is 7. The molecule has 3 atom stereocenters. The Labute approximate surface area is 165 Å². The zero-order chi connectivity index (χ0) is 20.1. The number of ether oxygens (including phenoxy) is 1. The smallest absolute Gasteiger partial charge is 0.254 e. The van der Waals surface area contributed by atoms with Gasteiger partial charge < -0.3 is 25.6 Å². The Hall–Kier alpha value is -2.59. The molecule has 0 aliphatic carbocycles. The molecule has 0 bridgehead atoms.